The maximum atomic E-state index is 10.6. The molecule has 1 saturated heterocycles. The van der Waals surface area contributed by atoms with Gasteiger partial charge in [-0.3, -0.25) is 10.1 Å². The highest BCUT2D eigenvalue weighted by molar-refractivity contribution is 5.40. The Morgan fingerprint density at radius 2 is 2.20 bits per heavy atom. The van der Waals surface area contributed by atoms with Gasteiger partial charge in [-0.05, 0) is 30.7 Å². The molecular formula is C13H19N3O4. The standard InChI is InChI=1S/C13H19N3O4/c17-6-3-13(4-7-20-8-5-13)10-15-12-2-1-11(9-14-12)16(18)19/h1-2,9,17H,3-8,10H2,(H,14,15). The number of hydrogen-bond acceptors (Lipinski definition) is 6. The topological polar surface area (TPSA) is 97.5 Å². The molecule has 0 unspecified atom stereocenters. The zero-order valence-corrected chi connectivity index (χ0v) is 11.2. The quantitative estimate of drug-likeness (QED) is 0.607. The summed E-state index contributed by atoms with van der Waals surface area (Å²) in [4.78, 5) is 14.1. The average molecular weight is 281 g/mol. The molecule has 0 radical (unpaired) electrons. The van der Waals surface area contributed by atoms with Crippen LogP contribution in [0.1, 0.15) is 19.3 Å². The van der Waals surface area contributed by atoms with Crippen molar-refractivity contribution >= 4 is 11.5 Å². The number of aliphatic hydroxyl groups excluding tert-OH is 1. The predicted octanol–water partition coefficient (Wildman–Crippen LogP) is 1.58. The lowest BCUT2D eigenvalue weighted by Gasteiger charge is -2.37. The number of nitro groups is 1. The molecule has 0 aliphatic carbocycles. The van der Waals surface area contributed by atoms with Gasteiger partial charge in [0.2, 0.25) is 0 Å². The van der Waals surface area contributed by atoms with Gasteiger partial charge in [0, 0.05) is 32.4 Å². The molecule has 0 bridgehead atoms. The van der Waals surface area contributed by atoms with Crippen LogP contribution in [0.5, 0.6) is 0 Å². The molecule has 2 rings (SSSR count). The van der Waals surface area contributed by atoms with Crippen LogP contribution in [-0.2, 0) is 4.74 Å². The number of rotatable bonds is 6. The van der Waals surface area contributed by atoms with Crippen molar-refractivity contribution in [3.05, 3.63) is 28.4 Å². The van der Waals surface area contributed by atoms with Crippen LogP contribution in [0.2, 0.25) is 0 Å². The molecule has 110 valence electrons. The fourth-order valence-electron chi connectivity index (χ4n) is 2.43. The number of ether oxygens (including phenoxy) is 1. The van der Waals surface area contributed by atoms with Gasteiger partial charge in [0.15, 0.2) is 0 Å². The maximum absolute atomic E-state index is 10.6. The minimum absolute atomic E-state index is 0.0104. The lowest BCUT2D eigenvalue weighted by atomic mass is 9.77. The highest BCUT2D eigenvalue weighted by atomic mass is 16.6. The summed E-state index contributed by atoms with van der Waals surface area (Å²) in [5.74, 6) is 0.611. The highest BCUT2D eigenvalue weighted by Gasteiger charge is 2.31. The zero-order valence-electron chi connectivity index (χ0n) is 11.2. The van der Waals surface area contributed by atoms with Gasteiger partial charge < -0.3 is 15.2 Å². The molecule has 0 spiro atoms. The van der Waals surface area contributed by atoms with Gasteiger partial charge >= 0.3 is 0 Å². The number of aliphatic hydroxyl groups is 1. The molecule has 2 heterocycles. The fourth-order valence-corrected chi connectivity index (χ4v) is 2.43. The van der Waals surface area contributed by atoms with E-state index in [9.17, 15) is 15.2 Å². The second-order valence-electron chi connectivity index (χ2n) is 5.10. The summed E-state index contributed by atoms with van der Waals surface area (Å²) in [6.07, 6.45) is 3.75. The first-order valence-corrected chi connectivity index (χ1v) is 6.68. The summed E-state index contributed by atoms with van der Waals surface area (Å²) >= 11 is 0. The summed E-state index contributed by atoms with van der Waals surface area (Å²) in [5, 5.41) is 23.0. The second-order valence-corrected chi connectivity index (χ2v) is 5.10. The smallest absolute Gasteiger partial charge is 0.287 e. The lowest BCUT2D eigenvalue weighted by molar-refractivity contribution is -0.385. The number of nitrogens with zero attached hydrogens (tertiary/aromatic N) is 2. The summed E-state index contributed by atoms with van der Waals surface area (Å²) in [6.45, 7) is 2.24. The predicted molar refractivity (Wildman–Crippen MR) is 73.6 cm³/mol. The molecule has 0 aromatic carbocycles. The Labute approximate surface area is 117 Å². The number of anilines is 1. The maximum Gasteiger partial charge on any atom is 0.287 e. The third-order valence-corrected chi connectivity index (χ3v) is 3.80. The van der Waals surface area contributed by atoms with Gasteiger partial charge in [-0.15, -0.1) is 0 Å². The van der Waals surface area contributed by atoms with Crippen molar-refractivity contribution in [2.24, 2.45) is 5.41 Å². The molecule has 1 aromatic heterocycles. The van der Waals surface area contributed by atoms with E-state index in [0.717, 1.165) is 19.3 Å². The van der Waals surface area contributed by atoms with Gasteiger partial charge in [0.1, 0.15) is 12.0 Å². The fraction of sp³-hybridized carbons (Fsp3) is 0.615. The summed E-state index contributed by atoms with van der Waals surface area (Å²) in [5.41, 5.74) is -0.0112. The van der Waals surface area contributed by atoms with Crippen molar-refractivity contribution in [1.82, 2.24) is 4.98 Å². The normalized spacial score (nSPS) is 17.6. The van der Waals surface area contributed by atoms with E-state index >= 15 is 0 Å². The van der Waals surface area contributed by atoms with E-state index < -0.39 is 4.92 Å². The zero-order chi connectivity index (χ0) is 14.4. The van der Waals surface area contributed by atoms with Gasteiger partial charge in [-0.1, -0.05) is 0 Å². The van der Waals surface area contributed by atoms with E-state index in [2.05, 4.69) is 10.3 Å². The molecular weight excluding hydrogens is 262 g/mol. The molecule has 1 fully saturated rings. The molecule has 20 heavy (non-hydrogen) atoms. The van der Waals surface area contributed by atoms with Crippen LogP contribution >= 0.6 is 0 Å². The molecule has 1 aromatic rings. The van der Waals surface area contributed by atoms with Crippen LogP contribution in [0, 0.1) is 15.5 Å². The van der Waals surface area contributed by atoms with E-state index in [1.54, 1.807) is 6.07 Å². The summed E-state index contributed by atoms with van der Waals surface area (Å²) < 4.78 is 5.37. The molecule has 2 N–H and O–H groups in total. The first-order chi connectivity index (χ1) is 9.65. The Morgan fingerprint density at radius 3 is 2.75 bits per heavy atom. The van der Waals surface area contributed by atoms with Crippen LogP contribution in [-0.4, -0.2) is 41.4 Å². The molecule has 0 atom stereocenters. The first kappa shape index (κ1) is 14.7. The van der Waals surface area contributed by atoms with Gasteiger partial charge in [-0.2, -0.15) is 0 Å². The van der Waals surface area contributed by atoms with Crippen molar-refractivity contribution in [3.8, 4) is 0 Å². The molecule has 0 amide bonds. The van der Waals surface area contributed by atoms with Crippen molar-refractivity contribution in [1.29, 1.82) is 0 Å². The van der Waals surface area contributed by atoms with Gasteiger partial charge in [0.05, 0.1) is 4.92 Å². The van der Waals surface area contributed by atoms with E-state index in [1.807, 2.05) is 0 Å². The first-order valence-electron chi connectivity index (χ1n) is 6.68. The van der Waals surface area contributed by atoms with Crippen LogP contribution in [0.25, 0.3) is 0 Å². The Bertz CT molecular complexity index is 438. The third kappa shape index (κ3) is 3.64. The molecule has 7 heteroatoms. The van der Waals surface area contributed by atoms with Crippen LogP contribution in [0.3, 0.4) is 0 Å². The monoisotopic (exact) mass is 281 g/mol. The van der Waals surface area contributed by atoms with Crippen molar-refractivity contribution in [3.63, 3.8) is 0 Å². The van der Waals surface area contributed by atoms with Gasteiger partial charge in [-0.25, -0.2) is 4.98 Å². The number of aromatic nitrogens is 1. The number of pyridine rings is 1. The number of nitrogens with one attached hydrogen (secondary N) is 1. The SMILES string of the molecule is O=[N+]([O-])c1ccc(NCC2(CCO)CCOCC2)nc1. The van der Waals surface area contributed by atoms with E-state index in [1.165, 1.54) is 12.3 Å². The Kier molecular flexibility index (Phi) is 4.86. The largest absolute Gasteiger partial charge is 0.396 e. The van der Waals surface area contributed by atoms with E-state index in [-0.39, 0.29) is 17.7 Å². The molecule has 1 aliphatic heterocycles. The highest BCUT2D eigenvalue weighted by Crippen LogP contribution is 2.34. The van der Waals surface area contributed by atoms with Crippen LogP contribution in [0.15, 0.2) is 18.3 Å². The molecule has 1 aliphatic rings. The minimum Gasteiger partial charge on any atom is -0.396 e. The van der Waals surface area contributed by atoms with Crippen molar-refractivity contribution in [2.75, 3.05) is 31.7 Å². The lowest BCUT2D eigenvalue weighted by Crippen LogP contribution is -2.37. The third-order valence-electron chi connectivity index (χ3n) is 3.80. The molecule has 7 nitrogen and oxygen atoms in total. The summed E-state index contributed by atoms with van der Waals surface area (Å²) in [7, 11) is 0. The second kappa shape index (κ2) is 6.62. The Morgan fingerprint density at radius 1 is 1.45 bits per heavy atom. The average Bonchev–Trinajstić information content (AvgIpc) is 2.47. The van der Waals surface area contributed by atoms with Crippen molar-refractivity contribution < 1.29 is 14.8 Å². The van der Waals surface area contributed by atoms with E-state index in [4.69, 9.17) is 4.74 Å². The number of hydrogen-bond donors (Lipinski definition) is 2. The Hall–Kier alpha value is -1.73. The van der Waals surface area contributed by atoms with Crippen molar-refractivity contribution in [2.45, 2.75) is 19.3 Å². The minimum atomic E-state index is -0.470. The van der Waals surface area contributed by atoms with Crippen LogP contribution in [0.4, 0.5) is 11.5 Å². The molecule has 0 saturated carbocycles. The van der Waals surface area contributed by atoms with Crippen LogP contribution < -0.4 is 5.32 Å². The van der Waals surface area contributed by atoms with E-state index in [0.29, 0.717) is 25.6 Å². The van der Waals surface area contributed by atoms with Gasteiger partial charge in [0.25, 0.3) is 5.69 Å². The summed E-state index contributed by atoms with van der Waals surface area (Å²) in [6, 6.07) is 3.03. The Balaban J connectivity index is 1.96.